The van der Waals surface area contributed by atoms with Crippen molar-refractivity contribution in [1.82, 2.24) is 4.90 Å². The second-order valence-corrected chi connectivity index (χ2v) is 7.05. The van der Waals surface area contributed by atoms with E-state index in [1.54, 1.807) is 11.0 Å². The van der Waals surface area contributed by atoms with E-state index < -0.39 is 11.4 Å². The van der Waals surface area contributed by atoms with Crippen LogP contribution in [0.25, 0.3) is 0 Å². The SMILES string of the molecule is O=C(O)CC1CCCN1C(=O)C1(c2cccc(F)c2)CCCCC1. The molecule has 1 unspecified atom stereocenters. The average Bonchev–Trinajstić information content (AvgIpc) is 3.02. The number of carbonyl (C=O) groups is 2. The van der Waals surface area contributed by atoms with Gasteiger partial charge in [-0.25, -0.2) is 4.39 Å². The van der Waals surface area contributed by atoms with E-state index in [4.69, 9.17) is 5.11 Å². The van der Waals surface area contributed by atoms with Gasteiger partial charge in [0, 0.05) is 12.6 Å². The Morgan fingerprint density at radius 3 is 2.62 bits per heavy atom. The summed E-state index contributed by atoms with van der Waals surface area (Å²) < 4.78 is 13.8. The normalized spacial score (nSPS) is 23.2. The van der Waals surface area contributed by atoms with Crippen molar-refractivity contribution in [1.29, 1.82) is 0 Å². The van der Waals surface area contributed by atoms with Gasteiger partial charge >= 0.3 is 5.97 Å². The van der Waals surface area contributed by atoms with Crippen LogP contribution in [0.15, 0.2) is 24.3 Å². The number of rotatable bonds is 4. The highest BCUT2D eigenvalue weighted by atomic mass is 19.1. The van der Waals surface area contributed by atoms with Gasteiger partial charge < -0.3 is 10.0 Å². The van der Waals surface area contributed by atoms with Crippen LogP contribution in [0, 0.1) is 5.82 Å². The highest BCUT2D eigenvalue weighted by Crippen LogP contribution is 2.42. The fourth-order valence-corrected chi connectivity index (χ4v) is 4.36. The zero-order valence-electron chi connectivity index (χ0n) is 13.8. The summed E-state index contributed by atoms with van der Waals surface area (Å²) in [5.74, 6) is -1.20. The number of carboxylic acids is 1. The van der Waals surface area contributed by atoms with E-state index in [1.165, 1.54) is 12.1 Å². The van der Waals surface area contributed by atoms with E-state index >= 15 is 0 Å². The number of carboxylic acid groups (broad SMARTS) is 1. The Morgan fingerprint density at radius 2 is 1.96 bits per heavy atom. The van der Waals surface area contributed by atoms with Crippen LogP contribution in [0.1, 0.15) is 56.9 Å². The number of carbonyl (C=O) groups excluding carboxylic acids is 1. The lowest BCUT2D eigenvalue weighted by atomic mass is 9.68. The summed E-state index contributed by atoms with van der Waals surface area (Å²) in [5.41, 5.74) is 0.0507. The fourth-order valence-electron chi connectivity index (χ4n) is 4.36. The van der Waals surface area contributed by atoms with E-state index in [0.29, 0.717) is 19.4 Å². The molecular formula is C19H24FNO3. The molecule has 2 aliphatic rings. The van der Waals surface area contributed by atoms with Gasteiger partial charge in [-0.3, -0.25) is 9.59 Å². The number of hydrogen-bond donors (Lipinski definition) is 1. The summed E-state index contributed by atoms with van der Waals surface area (Å²) in [7, 11) is 0. The molecule has 0 spiro atoms. The minimum atomic E-state index is -0.872. The second kappa shape index (κ2) is 6.91. The molecule has 24 heavy (non-hydrogen) atoms. The summed E-state index contributed by atoms with van der Waals surface area (Å²) in [6, 6.07) is 6.14. The molecule has 1 saturated carbocycles. The Kier molecular flexibility index (Phi) is 4.88. The van der Waals surface area contributed by atoms with E-state index in [2.05, 4.69) is 0 Å². The highest BCUT2D eigenvalue weighted by Gasteiger charge is 2.46. The lowest BCUT2D eigenvalue weighted by Crippen LogP contribution is -2.50. The van der Waals surface area contributed by atoms with E-state index in [1.807, 2.05) is 6.07 Å². The number of aliphatic carboxylic acids is 1. The molecule has 130 valence electrons. The first-order valence-corrected chi connectivity index (χ1v) is 8.82. The standard InChI is InChI=1S/C19H24FNO3/c20-15-7-4-6-14(12-15)19(9-2-1-3-10-19)18(24)21-11-5-8-16(21)13-17(22)23/h4,6-7,12,16H,1-3,5,8-11,13H2,(H,22,23). The maximum atomic E-state index is 13.8. The zero-order chi connectivity index (χ0) is 17.2. The third-order valence-corrected chi connectivity index (χ3v) is 5.54. The molecule has 1 aliphatic heterocycles. The summed E-state index contributed by atoms with van der Waals surface area (Å²) in [6.07, 6.45) is 5.96. The predicted octanol–water partition coefficient (Wildman–Crippen LogP) is 3.49. The number of halogens is 1. The predicted molar refractivity (Wildman–Crippen MR) is 88.2 cm³/mol. The summed E-state index contributed by atoms with van der Waals surface area (Å²) >= 11 is 0. The molecule has 1 atom stereocenters. The van der Waals surface area contributed by atoms with Crippen molar-refractivity contribution in [2.24, 2.45) is 0 Å². The topological polar surface area (TPSA) is 57.6 Å². The van der Waals surface area contributed by atoms with Gasteiger partial charge in [-0.2, -0.15) is 0 Å². The number of amides is 1. The summed E-state index contributed by atoms with van der Waals surface area (Å²) in [4.78, 5) is 26.3. The van der Waals surface area contributed by atoms with Crippen LogP contribution < -0.4 is 0 Å². The molecule has 1 aliphatic carbocycles. The number of nitrogens with zero attached hydrogens (tertiary/aromatic N) is 1. The monoisotopic (exact) mass is 333 g/mol. The van der Waals surface area contributed by atoms with Gasteiger partial charge in [0.2, 0.25) is 5.91 Å². The van der Waals surface area contributed by atoms with E-state index in [0.717, 1.165) is 37.7 Å². The van der Waals surface area contributed by atoms with Crippen LogP contribution in [-0.2, 0) is 15.0 Å². The van der Waals surface area contributed by atoms with Gasteiger partial charge in [-0.05, 0) is 43.4 Å². The van der Waals surface area contributed by atoms with Crippen LogP contribution >= 0.6 is 0 Å². The lowest BCUT2D eigenvalue weighted by Gasteiger charge is -2.40. The van der Waals surface area contributed by atoms with Gasteiger partial charge in [0.25, 0.3) is 0 Å². The quantitative estimate of drug-likeness (QED) is 0.917. The maximum absolute atomic E-state index is 13.8. The van der Waals surface area contributed by atoms with Crippen LogP contribution in [-0.4, -0.2) is 34.5 Å². The number of hydrogen-bond acceptors (Lipinski definition) is 2. The second-order valence-electron chi connectivity index (χ2n) is 7.05. The molecule has 1 N–H and O–H groups in total. The largest absolute Gasteiger partial charge is 0.481 e. The molecular weight excluding hydrogens is 309 g/mol. The van der Waals surface area contributed by atoms with E-state index in [9.17, 15) is 14.0 Å². The van der Waals surface area contributed by atoms with Gasteiger partial charge in [0.1, 0.15) is 5.82 Å². The summed E-state index contributed by atoms with van der Waals surface area (Å²) in [5, 5.41) is 9.11. The maximum Gasteiger partial charge on any atom is 0.305 e. The molecule has 0 aromatic heterocycles. The molecule has 1 amide bonds. The van der Waals surface area contributed by atoms with Crippen molar-refractivity contribution in [3.63, 3.8) is 0 Å². The van der Waals surface area contributed by atoms with Crippen molar-refractivity contribution in [3.8, 4) is 0 Å². The van der Waals surface area contributed by atoms with Crippen molar-refractivity contribution >= 4 is 11.9 Å². The van der Waals surface area contributed by atoms with E-state index in [-0.39, 0.29) is 24.2 Å². The Hall–Kier alpha value is -1.91. The number of benzene rings is 1. The molecule has 5 heteroatoms. The Bertz CT molecular complexity index is 625. The molecule has 3 rings (SSSR count). The molecule has 0 radical (unpaired) electrons. The van der Waals surface area contributed by atoms with Crippen LogP contribution in [0.3, 0.4) is 0 Å². The Labute approximate surface area is 141 Å². The Balaban J connectivity index is 1.93. The van der Waals surface area contributed by atoms with Crippen LogP contribution in [0.4, 0.5) is 4.39 Å². The molecule has 2 fully saturated rings. The number of likely N-dealkylation sites (tertiary alicyclic amines) is 1. The third kappa shape index (κ3) is 3.17. The first-order valence-electron chi connectivity index (χ1n) is 8.82. The molecule has 4 nitrogen and oxygen atoms in total. The van der Waals surface area contributed by atoms with Crippen LogP contribution in [0.5, 0.6) is 0 Å². The summed E-state index contributed by atoms with van der Waals surface area (Å²) in [6.45, 7) is 0.605. The van der Waals surface area contributed by atoms with Gasteiger partial charge in [0.15, 0.2) is 0 Å². The van der Waals surface area contributed by atoms with Gasteiger partial charge in [0.05, 0.1) is 11.8 Å². The molecule has 1 aromatic carbocycles. The minimum Gasteiger partial charge on any atom is -0.481 e. The highest BCUT2D eigenvalue weighted by molar-refractivity contribution is 5.89. The first kappa shape index (κ1) is 16.9. The van der Waals surface area contributed by atoms with Crippen molar-refractivity contribution in [2.75, 3.05) is 6.54 Å². The Morgan fingerprint density at radius 1 is 1.21 bits per heavy atom. The molecule has 1 saturated heterocycles. The van der Waals surface area contributed by atoms with Crippen molar-refractivity contribution in [2.45, 2.75) is 62.8 Å². The van der Waals surface area contributed by atoms with Gasteiger partial charge in [-0.1, -0.05) is 31.4 Å². The molecule has 0 bridgehead atoms. The zero-order valence-corrected chi connectivity index (χ0v) is 13.8. The third-order valence-electron chi connectivity index (χ3n) is 5.54. The smallest absolute Gasteiger partial charge is 0.305 e. The van der Waals surface area contributed by atoms with Crippen molar-refractivity contribution in [3.05, 3.63) is 35.6 Å². The molecule has 1 aromatic rings. The average molecular weight is 333 g/mol. The lowest BCUT2D eigenvalue weighted by molar-refractivity contribution is -0.143. The first-order chi connectivity index (χ1) is 11.5. The van der Waals surface area contributed by atoms with Gasteiger partial charge in [-0.15, -0.1) is 0 Å². The van der Waals surface area contributed by atoms with Crippen molar-refractivity contribution < 1.29 is 19.1 Å². The van der Waals surface area contributed by atoms with Crippen LogP contribution in [0.2, 0.25) is 0 Å². The fraction of sp³-hybridized carbons (Fsp3) is 0.579. The molecule has 1 heterocycles. The minimum absolute atomic E-state index is 0.00319.